The highest BCUT2D eigenvalue weighted by molar-refractivity contribution is 6.20. The second-order valence-corrected chi connectivity index (χ2v) is 3.12. The van der Waals surface area contributed by atoms with Crippen molar-refractivity contribution in [3.8, 4) is 0 Å². The van der Waals surface area contributed by atoms with Crippen LogP contribution in [0.25, 0.3) is 0 Å². The zero-order valence-electron chi connectivity index (χ0n) is 6.36. The first-order chi connectivity index (χ1) is 4.18. The second kappa shape index (κ2) is 5.07. The molecule has 0 aromatic heterocycles. The second-order valence-electron chi connectivity index (χ2n) is 2.44. The van der Waals surface area contributed by atoms with E-state index in [2.05, 4.69) is 6.92 Å². The zero-order valence-corrected chi connectivity index (χ0v) is 7.11. The molecule has 2 heteroatoms. The van der Waals surface area contributed by atoms with Crippen LogP contribution >= 0.6 is 11.6 Å². The topological polar surface area (TPSA) is 9.23 Å². The largest absolute Gasteiger partial charge is 0.385 e. The summed E-state index contributed by atoms with van der Waals surface area (Å²) in [5.41, 5.74) is 0. The molecule has 9 heavy (non-hydrogen) atoms. The molecule has 0 saturated carbocycles. The van der Waals surface area contributed by atoms with Crippen molar-refractivity contribution in [1.82, 2.24) is 0 Å². The number of ether oxygens (including phenoxy) is 1. The lowest BCUT2D eigenvalue weighted by Gasteiger charge is -2.11. The molecule has 2 unspecified atom stereocenters. The van der Waals surface area contributed by atoms with Gasteiger partial charge in [0.05, 0.1) is 0 Å². The molecule has 0 N–H and O–H groups in total. The maximum atomic E-state index is 5.81. The van der Waals surface area contributed by atoms with Crippen LogP contribution < -0.4 is 0 Å². The first-order valence-electron chi connectivity index (χ1n) is 3.31. The average molecular weight is 151 g/mol. The minimum atomic E-state index is 0.264. The molecule has 0 aliphatic carbocycles. The van der Waals surface area contributed by atoms with E-state index in [0.717, 1.165) is 13.0 Å². The van der Waals surface area contributed by atoms with Crippen LogP contribution in [-0.4, -0.2) is 19.1 Å². The molecule has 0 aromatic carbocycles. The predicted octanol–water partition coefficient (Wildman–Crippen LogP) is 2.29. The Labute approximate surface area is 62.3 Å². The highest BCUT2D eigenvalue weighted by atomic mass is 35.5. The van der Waals surface area contributed by atoms with Crippen molar-refractivity contribution >= 4 is 11.6 Å². The summed E-state index contributed by atoms with van der Waals surface area (Å²) >= 11 is 5.81. The van der Waals surface area contributed by atoms with E-state index in [0.29, 0.717) is 5.92 Å². The monoisotopic (exact) mass is 150 g/mol. The van der Waals surface area contributed by atoms with Crippen LogP contribution in [0.5, 0.6) is 0 Å². The zero-order chi connectivity index (χ0) is 7.28. The Morgan fingerprint density at radius 1 is 1.44 bits per heavy atom. The van der Waals surface area contributed by atoms with Gasteiger partial charge in [-0.3, -0.25) is 0 Å². The lowest BCUT2D eigenvalue weighted by atomic mass is 10.1. The molecule has 0 aromatic rings. The van der Waals surface area contributed by atoms with Gasteiger partial charge < -0.3 is 4.74 Å². The highest BCUT2D eigenvalue weighted by Gasteiger charge is 2.07. The van der Waals surface area contributed by atoms with E-state index in [1.807, 2.05) is 6.92 Å². The van der Waals surface area contributed by atoms with E-state index in [4.69, 9.17) is 16.3 Å². The molecular weight excluding hydrogens is 136 g/mol. The third-order valence-corrected chi connectivity index (χ3v) is 1.99. The van der Waals surface area contributed by atoms with Gasteiger partial charge in [-0.05, 0) is 19.3 Å². The fraction of sp³-hybridized carbons (Fsp3) is 1.00. The normalized spacial score (nSPS) is 17.3. The van der Waals surface area contributed by atoms with Crippen LogP contribution in [0.4, 0.5) is 0 Å². The highest BCUT2D eigenvalue weighted by Crippen LogP contribution is 2.12. The average Bonchev–Trinajstić information content (AvgIpc) is 1.82. The summed E-state index contributed by atoms with van der Waals surface area (Å²) in [5, 5.41) is 0.264. The van der Waals surface area contributed by atoms with Gasteiger partial charge in [-0.15, -0.1) is 11.6 Å². The summed E-state index contributed by atoms with van der Waals surface area (Å²) in [6.45, 7) is 4.97. The van der Waals surface area contributed by atoms with Crippen molar-refractivity contribution < 1.29 is 4.74 Å². The fourth-order valence-corrected chi connectivity index (χ4v) is 0.659. The molecule has 0 bridgehead atoms. The molecule has 0 aliphatic rings. The molecule has 0 amide bonds. The van der Waals surface area contributed by atoms with Crippen molar-refractivity contribution in [1.29, 1.82) is 0 Å². The van der Waals surface area contributed by atoms with Crippen molar-refractivity contribution in [2.45, 2.75) is 25.6 Å². The lowest BCUT2D eigenvalue weighted by molar-refractivity contribution is 0.180. The summed E-state index contributed by atoms with van der Waals surface area (Å²) in [7, 11) is 1.71. The van der Waals surface area contributed by atoms with Crippen LogP contribution in [0.2, 0.25) is 0 Å². The maximum Gasteiger partial charge on any atom is 0.0465 e. The molecule has 0 radical (unpaired) electrons. The number of alkyl halides is 1. The molecule has 0 saturated heterocycles. The van der Waals surface area contributed by atoms with Gasteiger partial charge in [-0.1, -0.05) is 6.92 Å². The van der Waals surface area contributed by atoms with Gasteiger partial charge in [0, 0.05) is 19.1 Å². The van der Waals surface area contributed by atoms with Crippen LogP contribution in [0, 0.1) is 5.92 Å². The molecule has 1 nitrogen and oxygen atoms in total. The Bertz CT molecular complexity index is 63.9. The molecule has 0 rings (SSSR count). The Morgan fingerprint density at radius 3 is 2.33 bits per heavy atom. The molecule has 2 atom stereocenters. The van der Waals surface area contributed by atoms with Crippen molar-refractivity contribution in [2.75, 3.05) is 13.7 Å². The summed E-state index contributed by atoms with van der Waals surface area (Å²) in [6.07, 6.45) is 1.06. The fourth-order valence-electron chi connectivity index (χ4n) is 0.533. The van der Waals surface area contributed by atoms with Gasteiger partial charge in [-0.2, -0.15) is 0 Å². The maximum absolute atomic E-state index is 5.81. The SMILES string of the molecule is COCCC(C)C(C)Cl. The Kier molecular flexibility index (Phi) is 5.21. The van der Waals surface area contributed by atoms with Crippen molar-refractivity contribution in [3.63, 3.8) is 0 Å². The summed E-state index contributed by atoms with van der Waals surface area (Å²) in [5.74, 6) is 0.562. The van der Waals surface area contributed by atoms with E-state index < -0.39 is 0 Å². The molecule has 0 heterocycles. The minimum absolute atomic E-state index is 0.264. The summed E-state index contributed by atoms with van der Waals surface area (Å²) in [4.78, 5) is 0. The van der Waals surface area contributed by atoms with Gasteiger partial charge in [-0.25, -0.2) is 0 Å². The summed E-state index contributed by atoms with van der Waals surface area (Å²) in [6, 6.07) is 0. The molecule has 0 fully saturated rings. The van der Waals surface area contributed by atoms with Crippen molar-refractivity contribution in [2.24, 2.45) is 5.92 Å². The quantitative estimate of drug-likeness (QED) is 0.559. The first-order valence-corrected chi connectivity index (χ1v) is 3.75. The molecule has 0 spiro atoms. The molecular formula is C7H15ClO. The van der Waals surface area contributed by atoms with Crippen LogP contribution in [0.15, 0.2) is 0 Å². The first kappa shape index (κ1) is 9.25. The lowest BCUT2D eigenvalue weighted by Crippen LogP contribution is -2.09. The predicted molar refractivity (Wildman–Crippen MR) is 41.0 cm³/mol. The van der Waals surface area contributed by atoms with Crippen LogP contribution in [0.1, 0.15) is 20.3 Å². The van der Waals surface area contributed by atoms with E-state index in [-0.39, 0.29) is 5.38 Å². The van der Waals surface area contributed by atoms with E-state index in [1.54, 1.807) is 7.11 Å². The third kappa shape index (κ3) is 4.73. The van der Waals surface area contributed by atoms with Crippen molar-refractivity contribution in [3.05, 3.63) is 0 Å². The van der Waals surface area contributed by atoms with Gasteiger partial charge in [0.25, 0.3) is 0 Å². The third-order valence-electron chi connectivity index (χ3n) is 1.56. The smallest absolute Gasteiger partial charge is 0.0465 e. The van der Waals surface area contributed by atoms with Gasteiger partial charge >= 0.3 is 0 Å². The summed E-state index contributed by atoms with van der Waals surface area (Å²) < 4.78 is 4.90. The van der Waals surface area contributed by atoms with Gasteiger partial charge in [0.1, 0.15) is 0 Å². The number of rotatable bonds is 4. The number of hydrogen-bond donors (Lipinski definition) is 0. The number of hydrogen-bond acceptors (Lipinski definition) is 1. The number of halogens is 1. The number of methoxy groups -OCH3 is 1. The Hall–Kier alpha value is 0.250. The Morgan fingerprint density at radius 2 is 2.00 bits per heavy atom. The van der Waals surface area contributed by atoms with Crippen LogP contribution in [0.3, 0.4) is 0 Å². The van der Waals surface area contributed by atoms with E-state index in [9.17, 15) is 0 Å². The minimum Gasteiger partial charge on any atom is -0.385 e. The van der Waals surface area contributed by atoms with E-state index in [1.165, 1.54) is 0 Å². The molecule has 56 valence electrons. The molecule has 0 aliphatic heterocycles. The Balaban J connectivity index is 3.16. The standard InChI is InChI=1S/C7H15ClO/c1-6(7(2)8)4-5-9-3/h6-7H,4-5H2,1-3H3. The van der Waals surface area contributed by atoms with Crippen LogP contribution in [-0.2, 0) is 4.74 Å². The van der Waals surface area contributed by atoms with Gasteiger partial charge in [0.15, 0.2) is 0 Å². The van der Waals surface area contributed by atoms with E-state index >= 15 is 0 Å². The van der Waals surface area contributed by atoms with Gasteiger partial charge in [0.2, 0.25) is 0 Å².